The second kappa shape index (κ2) is 10.6. The van der Waals surface area contributed by atoms with Crippen LogP contribution in [0.1, 0.15) is 33.2 Å². The second-order valence-electron chi connectivity index (χ2n) is 7.35. The highest BCUT2D eigenvalue weighted by Gasteiger charge is 2.28. The summed E-state index contributed by atoms with van der Waals surface area (Å²) in [5.41, 5.74) is 2.65. The van der Waals surface area contributed by atoms with Crippen LogP contribution in [0.15, 0.2) is 76.5 Å². The molecule has 0 saturated carbocycles. The predicted molar refractivity (Wildman–Crippen MR) is 127 cm³/mol. The van der Waals surface area contributed by atoms with Crippen LogP contribution >= 0.6 is 11.8 Å². The Bertz CT molecular complexity index is 1150. The number of nitrogens with zero attached hydrogens (tertiary/aromatic N) is 1. The number of carbonyl (C=O) groups excluding carboxylic acids is 2. The number of methoxy groups -OCH3 is 1. The molecule has 170 valence electrons. The van der Waals surface area contributed by atoms with Crippen molar-refractivity contribution < 1.29 is 23.8 Å². The van der Waals surface area contributed by atoms with Crippen molar-refractivity contribution in [3.63, 3.8) is 0 Å². The van der Waals surface area contributed by atoms with E-state index >= 15 is 0 Å². The minimum atomic E-state index is -0.443. The Hall–Kier alpha value is -3.29. The summed E-state index contributed by atoms with van der Waals surface area (Å²) in [5.74, 6) is 0.190. The third kappa shape index (κ3) is 5.21. The SMILES string of the molecule is CCOCCOC(=O)c1ccc2c(c1)N(Cc1ccc(OC)cc1)C(=O)c1ccccc1S2. The molecular formula is C26H25NO5S. The number of carbonyl (C=O) groups is 2. The van der Waals surface area contributed by atoms with Gasteiger partial charge < -0.3 is 19.1 Å². The van der Waals surface area contributed by atoms with Crippen LogP contribution in [0.25, 0.3) is 0 Å². The fraction of sp³-hybridized carbons (Fsp3) is 0.231. The summed E-state index contributed by atoms with van der Waals surface area (Å²) in [6.45, 7) is 3.33. The molecule has 0 aliphatic carbocycles. The zero-order chi connectivity index (χ0) is 23.2. The first-order valence-electron chi connectivity index (χ1n) is 10.7. The summed E-state index contributed by atoms with van der Waals surface area (Å²) in [7, 11) is 1.62. The molecule has 3 aromatic carbocycles. The molecule has 0 radical (unpaired) electrons. The Balaban J connectivity index is 1.69. The van der Waals surface area contributed by atoms with Crippen LogP contribution in [0.4, 0.5) is 5.69 Å². The minimum absolute atomic E-state index is 0.116. The Morgan fingerprint density at radius 2 is 1.76 bits per heavy atom. The van der Waals surface area contributed by atoms with Crippen molar-refractivity contribution in [3.8, 4) is 5.75 Å². The maximum Gasteiger partial charge on any atom is 0.338 e. The van der Waals surface area contributed by atoms with Crippen LogP contribution < -0.4 is 9.64 Å². The molecule has 0 saturated heterocycles. The van der Waals surface area contributed by atoms with E-state index in [4.69, 9.17) is 14.2 Å². The molecule has 0 fully saturated rings. The van der Waals surface area contributed by atoms with Crippen molar-refractivity contribution in [1.29, 1.82) is 0 Å². The molecule has 1 heterocycles. The van der Waals surface area contributed by atoms with Gasteiger partial charge in [0.2, 0.25) is 0 Å². The quantitative estimate of drug-likeness (QED) is 0.338. The number of esters is 1. The summed E-state index contributed by atoms with van der Waals surface area (Å²) in [4.78, 5) is 29.7. The maximum atomic E-state index is 13.6. The molecule has 0 spiro atoms. The fourth-order valence-electron chi connectivity index (χ4n) is 3.54. The third-order valence-corrected chi connectivity index (χ3v) is 6.37. The monoisotopic (exact) mass is 463 g/mol. The predicted octanol–water partition coefficient (Wildman–Crippen LogP) is 5.20. The van der Waals surface area contributed by atoms with E-state index in [0.717, 1.165) is 21.1 Å². The molecule has 6 nitrogen and oxygen atoms in total. The first kappa shape index (κ1) is 22.9. The minimum Gasteiger partial charge on any atom is -0.497 e. The van der Waals surface area contributed by atoms with Crippen molar-refractivity contribution in [2.24, 2.45) is 0 Å². The molecule has 33 heavy (non-hydrogen) atoms. The smallest absolute Gasteiger partial charge is 0.338 e. The van der Waals surface area contributed by atoms with Crippen LogP contribution in [-0.4, -0.2) is 38.8 Å². The summed E-state index contributed by atoms with van der Waals surface area (Å²) < 4.78 is 15.8. The van der Waals surface area contributed by atoms with Crippen molar-refractivity contribution in [1.82, 2.24) is 0 Å². The van der Waals surface area contributed by atoms with Crippen LogP contribution in [0.3, 0.4) is 0 Å². The van der Waals surface area contributed by atoms with Gasteiger partial charge in [-0.25, -0.2) is 4.79 Å². The average Bonchev–Trinajstić information content (AvgIpc) is 2.96. The Kier molecular flexibility index (Phi) is 7.32. The second-order valence-corrected chi connectivity index (χ2v) is 8.44. The Morgan fingerprint density at radius 3 is 2.52 bits per heavy atom. The third-order valence-electron chi connectivity index (χ3n) is 5.23. The van der Waals surface area contributed by atoms with Gasteiger partial charge in [-0.05, 0) is 55.0 Å². The normalized spacial score (nSPS) is 12.5. The van der Waals surface area contributed by atoms with Crippen molar-refractivity contribution >= 4 is 29.3 Å². The molecule has 0 unspecified atom stereocenters. The molecule has 1 aliphatic rings. The molecule has 1 amide bonds. The molecule has 3 aromatic rings. The highest BCUT2D eigenvalue weighted by molar-refractivity contribution is 7.99. The van der Waals surface area contributed by atoms with E-state index in [1.165, 1.54) is 11.8 Å². The van der Waals surface area contributed by atoms with E-state index in [9.17, 15) is 9.59 Å². The lowest BCUT2D eigenvalue weighted by atomic mass is 10.1. The average molecular weight is 464 g/mol. The summed E-state index contributed by atoms with van der Waals surface area (Å²) in [6.07, 6.45) is 0. The van der Waals surface area contributed by atoms with E-state index in [1.807, 2.05) is 61.5 Å². The summed E-state index contributed by atoms with van der Waals surface area (Å²) in [6, 6.07) is 20.5. The molecule has 0 aromatic heterocycles. The lowest BCUT2D eigenvalue weighted by Gasteiger charge is -2.24. The van der Waals surface area contributed by atoms with Crippen molar-refractivity contribution in [3.05, 3.63) is 83.4 Å². The zero-order valence-electron chi connectivity index (χ0n) is 18.6. The van der Waals surface area contributed by atoms with Crippen LogP contribution in [-0.2, 0) is 16.0 Å². The van der Waals surface area contributed by atoms with E-state index in [-0.39, 0.29) is 12.5 Å². The number of hydrogen-bond acceptors (Lipinski definition) is 6. The molecule has 1 aliphatic heterocycles. The lowest BCUT2D eigenvalue weighted by Crippen LogP contribution is -2.30. The molecule has 7 heteroatoms. The fourth-order valence-corrected chi connectivity index (χ4v) is 4.60. The number of anilines is 1. The number of ether oxygens (including phenoxy) is 3. The number of benzene rings is 3. The first-order chi connectivity index (χ1) is 16.1. The molecule has 0 N–H and O–H groups in total. The van der Waals surface area contributed by atoms with Gasteiger partial charge in [0.15, 0.2) is 0 Å². The van der Waals surface area contributed by atoms with Gasteiger partial charge in [0.05, 0.1) is 37.1 Å². The molecular weight excluding hydrogens is 438 g/mol. The van der Waals surface area contributed by atoms with Crippen molar-refractivity contribution in [2.45, 2.75) is 23.3 Å². The van der Waals surface area contributed by atoms with E-state index in [0.29, 0.717) is 36.6 Å². The lowest BCUT2D eigenvalue weighted by molar-refractivity contribution is 0.0335. The van der Waals surface area contributed by atoms with E-state index in [2.05, 4.69) is 0 Å². The standard InChI is InChI=1S/C26H25NO5S/c1-3-31-14-15-32-26(29)19-10-13-24-22(16-19)27(17-18-8-11-20(30-2)12-9-18)25(28)21-6-4-5-7-23(21)33-24/h4-13,16H,3,14-15,17H2,1-2H3. The van der Waals surface area contributed by atoms with Gasteiger partial charge in [-0.2, -0.15) is 0 Å². The molecule has 0 atom stereocenters. The van der Waals surface area contributed by atoms with Gasteiger partial charge in [-0.3, -0.25) is 4.79 Å². The van der Waals surface area contributed by atoms with E-state index in [1.54, 1.807) is 24.1 Å². The zero-order valence-corrected chi connectivity index (χ0v) is 19.4. The first-order valence-corrected chi connectivity index (χ1v) is 11.5. The molecule has 0 bridgehead atoms. The van der Waals surface area contributed by atoms with Crippen LogP contribution in [0, 0.1) is 0 Å². The van der Waals surface area contributed by atoms with Gasteiger partial charge >= 0.3 is 5.97 Å². The van der Waals surface area contributed by atoms with Gasteiger partial charge in [0.1, 0.15) is 12.4 Å². The van der Waals surface area contributed by atoms with Crippen LogP contribution in [0.2, 0.25) is 0 Å². The highest BCUT2D eigenvalue weighted by Crippen LogP contribution is 2.42. The van der Waals surface area contributed by atoms with Gasteiger partial charge in [-0.1, -0.05) is 36.0 Å². The largest absolute Gasteiger partial charge is 0.497 e. The van der Waals surface area contributed by atoms with Gasteiger partial charge in [-0.15, -0.1) is 0 Å². The Morgan fingerprint density at radius 1 is 0.970 bits per heavy atom. The summed E-state index contributed by atoms with van der Waals surface area (Å²) in [5, 5.41) is 0. The van der Waals surface area contributed by atoms with Crippen LogP contribution in [0.5, 0.6) is 5.75 Å². The van der Waals surface area contributed by atoms with Gasteiger partial charge in [0.25, 0.3) is 5.91 Å². The maximum absolute atomic E-state index is 13.6. The summed E-state index contributed by atoms with van der Waals surface area (Å²) >= 11 is 1.52. The number of fused-ring (bicyclic) bond motifs is 2. The number of amides is 1. The Labute approximate surface area is 197 Å². The number of rotatable bonds is 8. The topological polar surface area (TPSA) is 65.1 Å². The van der Waals surface area contributed by atoms with Crippen molar-refractivity contribution in [2.75, 3.05) is 31.8 Å². The van der Waals surface area contributed by atoms with Gasteiger partial charge in [0, 0.05) is 16.4 Å². The number of hydrogen-bond donors (Lipinski definition) is 0. The molecule has 4 rings (SSSR count). The highest BCUT2D eigenvalue weighted by atomic mass is 32.2. The van der Waals surface area contributed by atoms with E-state index < -0.39 is 5.97 Å².